The van der Waals surface area contributed by atoms with Crippen molar-refractivity contribution >= 4 is 5.91 Å². The van der Waals surface area contributed by atoms with Gasteiger partial charge in [0.1, 0.15) is 11.5 Å². The summed E-state index contributed by atoms with van der Waals surface area (Å²) in [5.74, 6) is 0.689. The number of nitrogens with zero attached hydrogens (tertiary/aromatic N) is 4. The smallest absolute Gasteiger partial charge is 0.272 e. The summed E-state index contributed by atoms with van der Waals surface area (Å²) in [5.41, 5.74) is 0.564. The number of amides is 1. The van der Waals surface area contributed by atoms with Crippen LogP contribution in [0.5, 0.6) is 0 Å². The fourth-order valence-corrected chi connectivity index (χ4v) is 1.44. The molecule has 0 aliphatic rings. The molecule has 6 nitrogen and oxygen atoms in total. The Morgan fingerprint density at radius 2 is 2.44 bits per heavy atom. The lowest BCUT2D eigenvalue weighted by atomic mass is 10.4. The summed E-state index contributed by atoms with van der Waals surface area (Å²) in [7, 11) is 3.53. The molecule has 0 unspecified atom stereocenters. The normalized spacial score (nSPS) is 10.4. The van der Waals surface area contributed by atoms with Crippen molar-refractivity contribution in [3.8, 4) is 0 Å². The largest absolute Gasteiger partial charge is 0.347 e. The molecule has 0 bridgehead atoms. The number of nitrogens with one attached hydrogen (secondary N) is 1. The molecule has 2 aromatic rings. The molecule has 1 amide bonds. The minimum Gasteiger partial charge on any atom is -0.347 e. The van der Waals surface area contributed by atoms with Gasteiger partial charge >= 0.3 is 0 Å². The van der Waals surface area contributed by atoms with Crippen molar-refractivity contribution in [2.45, 2.75) is 6.54 Å². The molecule has 1 N–H and O–H groups in total. The molecule has 6 heteroatoms. The SMILES string of the molecule is CN(Cc1ncc[nH]1)C(=O)c1cncn1C. The van der Waals surface area contributed by atoms with Gasteiger partial charge < -0.3 is 14.5 Å². The van der Waals surface area contributed by atoms with Gasteiger partial charge in [0.05, 0.1) is 19.1 Å². The fraction of sp³-hybridized carbons (Fsp3) is 0.300. The molecule has 0 atom stereocenters. The molecule has 0 spiro atoms. The van der Waals surface area contributed by atoms with Crippen LogP contribution >= 0.6 is 0 Å². The van der Waals surface area contributed by atoms with E-state index < -0.39 is 0 Å². The summed E-state index contributed by atoms with van der Waals surface area (Å²) in [6.45, 7) is 0.455. The van der Waals surface area contributed by atoms with Gasteiger partial charge in [-0.1, -0.05) is 0 Å². The van der Waals surface area contributed by atoms with E-state index in [0.29, 0.717) is 12.2 Å². The average Bonchev–Trinajstić information content (AvgIpc) is 2.88. The fourth-order valence-electron chi connectivity index (χ4n) is 1.44. The average molecular weight is 219 g/mol. The van der Waals surface area contributed by atoms with Crippen LogP contribution in [0, 0.1) is 0 Å². The highest BCUT2D eigenvalue weighted by atomic mass is 16.2. The first-order valence-electron chi connectivity index (χ1n) is 4.88. The Morgan fingerprint density at radius 3 is 3.00 bits per heavy atom. The maximum Gasteiger partial charge on any atom is 0.272 e. The summed E-state index contributed by atoms with van der Waals surface area (Å²) in [5, 5.41) is 0. The minimum atomic E-state index is -0.0728. The predicted octanol–water partition coefficient (Wildman–Crippen LogP) is 0.415. The van der Waals surface area contributed by atoms with Crippen molar-refractivity contribution in [3.05, 3.63) is 36.4 Å². The van der Waals surface area contributed by atoms with Crippen LogP contribution in [0.2, 0.25) is 0 Å². The van der Waals surface area contributed by atoms with Crippen LogP contribution in [0.15, 0.2) is 24.9 Å². The summed E-state index contributed by atoms with van der Waals surface area (Å²) in [4.78, 5) is 24.5. The Bertz CT molecular complexity index is 473. The Labute approximate surface area is 92.9 Å². The summed E-state index contributed by atoms with van der Waals surface area (Å²) in [6, 6.07) is 0. The third kappa shape index (κ3) is 1.95. The van der Waals surface area contributed by atoms with Crippen molar-refractivity contribution in [2.24, 2.45) is 7.05 Å². The topological polar surface area (TPSA) is 66.8 Å². The van der Waals surface area contributed by atoms with Gasteiger partial charge in [-0.15, -0.1) is 0 Å². The number of hydrogen-bond acceptors (Lipinski definition) is 3. The molecule has 2 aromatic heterocycles. The number of H-pyrrole nitrogens is 1. The van der Waals surface area contributed by atoms with Crippen molar-refractivity contribution in [1.29, 1.82) is 0 Å². The van der Waals surface area contributed by atoms with Gasteiger partial charge in [0.25, 0.3) is 5.91 Å². The highest BCUT2D eigenvalue weighted by molar-refractivity contribution is 5.92. The standard InChI is InChI=1S/C10H13N5O/c1-14(6-9-12-3-4-13-9)10(16)8-5-11-7-15(8)2/h3-5,7H,6H2,1-2H3,(H,12,13). The van der Waals surface area contributed by atoms with Gasteiger partial charge in [-0.3, -0.25) is 4.79 Å². The number of carbonyl (C=O) groups is 1. The first kappa shape index (κ1) is 10.4. The monoisotopic (exact) mass is 219 g/mol. The van der Waals surface area contributed by atoms with Crippen LogP contribution in [0.4, 0.5) is 0 Å². The van der Waals surface area contributed by atoms with Crippen molar-refractivity contribution < 1.29 is 4.79 Å². The lowest BCUT2D eigenvalue weighted by Gasteiger charge is -2.15. The zero-order valence-corrected chi connectivity index (χ0v) is 9.21. The summed E-state index contributed by atoms with van der Waals surface area (Å²) < 4.78 is 1.70. The lowest BCUT2D eigenvalue weighted by Crippen LogP contribution is -2.28. The first-order chi connectivity index (χ1) is 7.68. The molecule has 16 heavy (non-hydrogen) atoms. The van der Waals surface area contributed by atoms with Crippen LogP contribution in [0.3, 0.4) is 0 Å². The third-order valence-electron chi connectivity index (χ3n) is 2.32. The van der Waals surface area contributed by atoms with E-state index in [1.807, 2.05) is 0 Å². The Hall–Kier alpha value is -2.11. The molecule has 0 fully saturated rings. The number of aryl methyl sites for hydroxylation is 1. The minimum absolute atomic E-state index is 0.0728. The van der Waals surface area contributed by atoms with Crippen LogP contribution in [0.25, 0.3) is 0 Å². The first-order valence-corrected chi connectivity index (χ1v) is 4.88. The van der Waals surface area contributed by atoms with Crippen LogP contribution < -0.4 is 0 Å². The highest BCUT2D eigenvalue weighted by Crippen LogP contribution is 2.04. The zero-order chi connectivity index (χ0) is 11.5. The quantitative estimate of drug-likeness (QED) is 0.813. The van der Waals surface area contributed by atoms with E-state index in [9.17, 15) is 4.79 Å². The Morgan fingerprint density at radius 1 is 1.62 bits per heavy atom. The Kier molecular flexibility index (Phi) is 2.72. The van der Waals surface area contributed by atoms with Crippen LogP contribution in [-0.2, 0) is 13.6 Å². The van der Waals surface area contributed by atoms with Gasteiger partial charge in [-0.25, -0.2) is 9.97 Å². The molecule has 0 aromatic carbocycles. The molecule has 84 valence electrons. The molecule has 0 aliphatic heterocycles. The molecule has 0 saturated heterocycles. The Balaban J connectivity index is 2.08. The summed E-state index contributed by atoms with van der Waals surface area (Å²) in [6.07, 6.45) is 6.56. The number of aromatic nitrogens is 4. The van der Waals surface area contributed by atoms with Crippen molar-refractivity contribution in [3.63, 3.8) is 0 Å². The van der Waals surface area contributed by atoms with Gasteiger partial charge in [-0.2, -0.15) is 0 Å². The van der Waals surface area contributed by atoms with E-state index in [4.69, 9.17) is 0 Å². The van der Waals surface area contributed by atoms with Gasteiger partial charge in [0, 0.05) is 26.5 Å². The van der Waals surface area contributed by atoms with Gasteiger partial charge in [-0.05, 0) is 0 Å². The number of rotatable bonds is 3. The molecule has 2 rings (SSSR count). The van der Waals surface area contributed by atoms with E-state index in [2.05, 4.69) is 15.0 Å². The number of carbonyl (C=O) groups excluding carboxylic acids is 1. The van der Waals surface area contributed by atoms with Crippen LogP contribution in [0.1, 0.15) is 16.3 Å². The number of aromatic amines is 1. The second-order valence-electron chi connectivity index (χ2n) is 3.59. The highest BCUT2D eigenvalue weighted by Gasteiger charge is 2.15. The van der Waals surface area contributed by atoms with Gasteiger partial charge in [0.2, 0.25) is 0 Å². The molecule has 0 aliphatic carbocycles. The van der Waals surface area contributed by atoms with E-state index in [0.717, 1.165) is 5.82 Å². The second kappa shape index (κ2) is 4.18. The zero-order valence-electron chi connectivity index (χ0n) is 9.21. The molecular weight excluding hydrogens is 206 g/mol. The number of hydrogen-bond donors (Lipinski definition) is 1. The maximum absolute atomic E-state index is 12.0. The van der Waals surface area contributed by atoms with E-state index in [1.165, 1.54) is 0 Å². The van der Waals surface area contributed by atoms with Crippen molar-refractivity contribution in [1.82, 2.24) is 24.4 Å². The molecular formula is C10H13N5O. The molecule has 2 heterocycles. The number of imidazole rings is 2. The van der Waals surface area contributed by atoms with Crippen molar-refractivity contribution in [2.75, 3.05) is 7.05 Å². The third-order valence-corrected chi connectivity index (χ3v) is 2.32. The molecule has 0 radical (unpaired) electrons. The van der Waals surface area contributed by atoms with E-state index in [1.54, 1.807) is 48.5 Å². The second-order valence-corrected chi connectivity index (χ2v) is 3.59. The van der Waals surface area contributed by atoms with E-state index in [-0.39, 0.29) is 5.91 Å². The predicted molar refractivity (Wildman–Crippen MR) is 57.6 cm³/mol. The van der Waals surface area contributed by atoms with Gasteiger partial charge in [0.15, 0.2) is 0 Å². The lowest BCUT2D eigenvalue weighted by molar-refractivity contribution is 0.0772. The van der Waals surface area contributed by atoms with Crippen LogP contribution in [-0.4, -0.2) is 37.4 Å². The maximum atomic E-state index is 12.0. The summed E-state index contributed by atoms with van der Waals surface area (Å²) >= 11 is 0. The molecule has 0 saturated carbocycles. The van der Waals surface area contributed by atoms with E-state index >= 15 is 0 Å².